The van der Waals surface area contributed by atoms with Gasteiger partial charge in [-0.15, -0.1) is 0 Å². The summed E-state index contributed by atoms with van der Waals surface area (Å²) in [5.74, 6) is 1.93. The van der Waals surface area contributed by atoms with Crippen LogP contribution in [0.2, 0.25) is 0 Å². The molecule has 0 spiro atoms. The lowest BCUT2D eigenvalue weighted by molar-refractivity contribution is 0.880. The molecule has 110 valence electrons. The van der Waals surface area contributed by atoms with Gasteiger partial charge in [-0.05, 0) is 18.4 Å². The van der Waals surface area contributed by atoms with Gasteiger partial charge in [0.25, 0.3) is 0 Å². The summed E-state index contributed by atoms with van der Waals surface area (Å²) in [5, 5.41) is 0. The van der Waals surface area contributed by atoms with E-state index < -0.39 is 0 Å². The first-order valence-electron chi connectivity index (χ1n) is 7.50. The van der Waals surface area contributed by atoms with Gasteiger partial charge in [0.15, 0.2) is 0 Å². The molecule has 21 heavy (non-hydrogen) atoms. The molecule has 4 heteroatoms. The van der Waals surface area contributed by atoms with E-state index in [0.29, 0.717) is 0 Å². The van der Waals surface area contributed by atoms with Crippen LogP contribution in [0.3, 0.4) is 0 Å². The Kier molecular flexibility index (Phi) is 3.95. The molecular formula is C17H22N4. The Bertz CT molecular complexity index is 591. The van der Waals surface area contributed by atoms with Gasteiger partial charge in [0.2, 0.25) is 0 Å². The monoisotopic (exact) mass is 282 g/mol. The third kappa shape index (κ3) is 3.27. The third-order valence-corrected chi connectivity index (χ3v) is 3.90. The number of rotatable bonds is 4. The summed E-state index contributed by atoms with van der Waals surface area (Å²) in [6, 6.07) is 14.3. The van der Waals surface area contributed by atoms with Crippen molar-refractivity contribution in [3.05, 3.63) is 48.0 Å². The molecule has 2 heterocycles. The summed E-state index contributed by atoms with van der Waals surface area (Å²) in [5.41, 5.74) is 8.11. The smallest absolute Gasteiger partial charge is 0.133 e. The maximum atomic E-state index is 6.06. The maximum Gasteiger partial charge on any atom is 0.133 e. The molecule has 0 atom stereocenters. The first-order valence-corrected chi connectivity index (χ1v) is 7.50. The molecule has 0 amide bonds. The van der Waals surface area contributed by atoms with E-state index in [1.165, 1.54) is 18.4 Å². The lowest BCUT2D eigenvalue weighted by Gasteiger charge is -2.22. The largest absolute Gasteiger partial charge is 0.399 e. The standard InChI is InChI=1S/C17H22N4/c1-20(13-14-7-3-2-4-8-14)16-11-15(18)12-17(19-16)21-9-5-6-10-21/h2-4,7-8,11-12H,5-6,9-10,13H2,1H3,(H2,18,19). The highest BCUT2D eigenvalue weighted by Gasteiger charge is 2.15. The van der Waals surface area contributed by atoms with Crippen molar-refractivity contribution in [2.24, 2.45) is 0 Å². The number of nitrogens with zero attached hydrogens (tertiary/aromatic N) is 3. The van der Waals surface area contributed by atoms with Crippen molar-refractivity contribution in [3.8, 4) is 0 Å². The molecule has 2 aromatic rings. The van der Waals surface area contributed by atoms with Crippen molar-refractivity contribution in [2.75, 3.05) is 35.7 Å². The van der Waals surface area contributed by atoms with Crippen molar-refractivity contribution < 1.29 is 0 Å². The second-order valence-corrected chi connectivity index (χ2v) is 5.65. The predicted molar refractivity (Wildman–Crippen MR) is 88.6 cm³/mol. The fraction of sp³-hybridized carbons (Fsp3) is 0.353. The lowest BCUT2D eigenvalue weighted by atomic mass is 10.2. The summed E-state index contributed by atoms with van der Waals surface area (Å²) >= 11 is 0. The Morgan fingerprint density at radius 2 is 1.86 bits per heavy atom. The van der Waals surface area contributed by atoms with Crippen LogP contribution in [0, 0.1) is 0 Å². The molecule has 0 radical (unpaired) electrons. The van der Waals surface area contributed by atoms with Gasteiger partial charge in [-0.3, -0.25) is 0 Å². The minimum atomic E-state index is 0.779. The molecule has 1 aliphatic heterocycles. The average Bonchev–Trinajstić information content (AvgIpc) is 3.02. The zero-order valence-electron chi connectivity index (χ0n) is 12.5. The summed E-state index contributed by atoms with van der Waals surface area (Å²) in [7, 11) is 2.06. The first-order chi connectivity index (χ1) is 10.2. The molecule has 1 aromatic heterocycles. The van der Waals surface area contributed by atoms with Crippen molar-refractivity contribution in [1.29, 1.82) is 0 Å². The lowest BCUT2D eigenvalue weighted by Crippen LogP contribution is -2.22. The van der Waals surface area contributed by atoms with Gasteiger partial charge in [-0.25, -0.2) is 4.98 Å². The van der Waals surface area contributed by atoms with Gasteiger partial charge in [0.05, 0.1) is 0 Å². The van der Waals surface area contributed by atoms with Gasteiger partial charge in [0, 0.05) is 44.5 Å². The molecule has 2 N–H and O–H groups in total. The Morgan fingerprint density at radius 1 is 1.14 bits per heavy atom. The Hall–Kier alpha value is -2.23. The van der Waals surface area contributed by atoms with Crippen LogP contribution in [-0.2, 0) is 6.54 Å². The van der Waals surface area contributed by atoms with Crippen LogP contribution < -0.4 is 15.5 Å². The molecule has 3 rings (SSSR count). The molecule has 0 saturated carbocycles. The number of benzene rings is 1. The molecule has 1 fully saturated rings. The Morgan fingerprint density at radius 3 is 2.57 bits per heavy atom. The molecular weight excluding hydrogens is 260 g/mol. The number of aromatic nitrogens is 1. The van der Waals surface area contributed by atoms with Crippen molar-refractivity contribution >= 4 is 17.3 Å². The summed E-state index contributed by atoms with van der Waals surface area (Å²) < 4.78 is 0. The fourth-order valence-corrected chi connectivity index (χ4v) is 2.76. The van der Waals surface area contributed by atoms with Crippen LogP contribution >= 0.6 is 0 Å². The van der Waals surface area contributed by atoms with Crippen LogP contribution in [-0.4, -0.2) is 25.1 Å². The molecule has 1 aliphatic rings. The summed E-state index contributed by atoms with van der Waals surface area (Å²) in [4.78, 5) is 9.24. The molecule has 1 aromatic carbocycles. The van der Waals surface area contributed by atoms with Crippen molar-refractivity contribution in [1.82, 2.24) is 4.98 Å². The van der Waals surface area contributed by atoms with E-state index in [2.05, 4.69) is 41.1 Å². The van der Waals surface area contributed by atoms with E-state index in [4.69, 9.17) is 10.7 Å². The minimum Gasteiger partial charge on any atom is -0.399 e. The van der Waals surface area contributed by atoms with E-state index in [-0.39, 0.29) is 0 Å². The highest BCUT2D eigenvalue weighted by molar-refractivity contribution is 5.60. The topological polar surface area (TPSA) is 45.4 Å². The number of nitrogen functional groups attached to an aromatic ring is 1. The number of hydrogen-bond acceptors (Lipinski definition) is 4. The number of pyridine rings is 1. The van der Waals surface area contributed by atoms with Gasteiger partial charge < -0.3 is 15.5 Å². The second-order valence-electron chi connectivity index (χ2n) is 5.65. The zero-order chi connectivity index (χ0) is 14.7. The second kappa shape index (κ2) is 6.04. The fourth-order valence-electron chi connectivity index (χ4n) is 2.76. The molecule has 0 bridgehead atoms. The van der Waals surface area contributed by atoms with Crippen molar-refractivity contribution in [3.63, 3.8) is 0 Å². The van der Waals surface area contributed by atoms with Gasteiger partial charge in [0.1, 0.15) is 11.6 Å². The molecule has 0 aliphatic carbocycles. The third-order valence-electron chi connectivity index (χ3n) is 3.90. The minimum absolute atomic E-state index is 0.779. The average molecular weight is 282 g/mol. The highest BCUT2D eigenvalue weighted by Crippen LogP contribution is 2.25. The van der Waals surface area contributed by atoms with Crippen LogP contribution in [0.1, 0.15) is 18.4 Å². The quantitative estimate of drug-likeness (QED) is 0.936. The van der Waals surface area contributed by atoms with E-state index >= 15 is 0 Å². The van der Waals surface area contributed by atoms with Crippen LogP contribution in [0.15, 0.2) is 42.5 Å². The van der Waals surface area contributed by atoms with Crippen LogP contribution in [0.5, 0.6) is 0 Å². The Balaban J connectivity index is 1.80. The molecule has 1 saturated heterocycles. The normalized spacial score (nSPS) is 14.4. The van der Waals surface area contributed by atoms with Crippen LogP contribution in [0.25, 0.3) is 0 Å². The van der Waals surface area contributed by atoms with Gasteiger partial charge in [-0.2, -0.15) is 0 Å². The number of nitrogens with two attached hydrogens (primary N) is 1. The van der Waals surface area contributed by atoms with Crippen LogP contribution in [0.4, 0.5) is 17.3 Å². The molecule has 0 unspecified atom stereocenters. The maximum absolute atomic E-state index is 6.06. The van der Waals surface area contributed by atoms with E-state index in [0.717, 1.165) is 37.0 Å². The molecule has 4 nitrogen and oxygen atoms in total. The van der Waals surface area contributed by atoms with Crippen molar-refractivity contribution in [2.45, 2.75) is 19.4 Å². The van der Waals surface area contributed by atoms with E-state index in [1.54, 1.807) is 0 Å². The first kappa shape index (κ1) is 13.7. The van der Waals surface area contributed by atoms with Gasteiger partial charge >= 0.3 is 0 Å². The zero-order valence-corrected chi connectivity index (χ0v) is 12.5. The predicted octanol–water partition coefficient (Wildman–Crippen LogP) is 2.90. The summed E-state index contributed by atoms with van der Waals surface area (Å²) in [6.07, 6.45) is 2.48. The SMILES string of the molecule is CN(Cc1ccccc1)c1cc(N)cc(N2CCCC2)n1. The number of hydrogen-bond donors (Lipinski definition) is 1. The summed E-state index contributed by atoms with van der Waals surface area (Å²) in [6.45, 7) is 2.99. The van der Waals surface area contributed by atoms with E-state index in [9.17, 15) is 0 Å². The number of anilines is 3. The van der Waals surface area contributed by atoms with Gasteiger partial charge in [-0.1, -0.05) is 30.3 Å². The highest BCUT2D eigenvalue weighted by atomic mass is 15.2. The Labute approximate surface area is 126 Å². The van der Waals surface area contributed by atoms with E-state index in [1.807, 2.05) is 18.2 Å².